The first-order chi connectivity index (χ1) is 13.8. The second-order valence-electron chi connectivity index (χ2n) is 6.37. The van der Waals surface area contributed by atoms with Crippen molar-refractivity contribution in [3.63, 3.8) is 0 Å². The maximum Gasteiger partial charge on any atom is 0.269 e. The van der Waals surface area contributed by atoms with Gasteiger partial charge in [-0.25, -0.2) is 8.42 Å². The molecule has 0 spiro atoms. The highest BCUT2D eigenvalue weighted by Crippen LogP contribution is 2.20. The normalized spacial score (nSPS) is 15.6. The summed E-state index contributed by atoms with van der Waals surface area (Å²) in [5, 5.41) is 11.1. The number of piperazine rings is 1. The number of benzene rings is 2. The molecule has 1 amide bonds. The Balaban J connectivity index is 1.59. The van der Waals surface area contributed by atoms with Crippen LogP contribution >= 0.6 is 11.6 Å². The van der Waals surface area contributed by atoms with Crippen molar-refractivity contribution in [3.8, 4) is 0 Å². The van der Waals surface area contributed by atoms with Gasteiger partial charge in [-0.15, -0.1) is 0 Å². The van der Waals surface area contributed by atoms with E-state index in [1.807, 2.05) is 0 Å². The minimum Gasteiger partial charge on any atom is -0.337 e. The van der Waals surface area contributed by atoms with Gasteiger partial charge in [0, 0.05) is 49.4 Å². The third-order valence-electron chi connectivity index (χ3n) is 4.52. The number of hydrogen-bond acceptors (Lipinski definition) is 5. The van der Waals surface area contributed by atoms with E-state index < -0.39 is 14.9 Å². The molecular formula is C19H18ClN3O5S. The van der Waals surface area contributed by atoms with Crippen molar-refractivity contribution < 1.29 is 18.1 Å². The predicted molar refractivity (Wildman–Crippen MR) is 109 cm³/mol. The Bertz CT molecular complexity index is 1030. The number of nitrogens with zero attached hydrogens (tertiary/aromatic N) is 3. The number of non-ortho nitro benzene ring substituents is 1. The van der Waals surface area contributed by atoms with E-state index in [4.69, 9.17) is 11.6 Å². The first-order valence-electron chi connectivity index (χ1n) is 8.74. The topological polar surface area (TPSA) is 101 Å². The van der Waals surface area contributed by atoms with Gasteiger partial charge in [-0.3, -0.25) is 14.9 Å². The molecule has 0 unspecified atom stereocenters. The molecule has 0 saturated carbocycles. The molecule has 1 saturated heterocycles. The van der Waals surface area contributed by atoms with Crippen LogP contribution in [-0.4, -0.2) is 54.6 Å². The highest BCUT2D eigenvalue weighted by Gasteiger charge is 2.29. The van der Waals surface area contributed by atoms with Gasteiger partial charge >= 0.3 is 0 Å². The van der Waals surface area contributed by atoms with E-state index >= 15 is 0 Å². The summed E-state index contributed by atoms with van der Waals surface area (Å²) in [6, 6.07) is 11.8. The van der Waals surface area contributed by atoms with E-state index in [1.165, 1.54) is 46.8 Å². The van der Waals surface area contributed by atoms with Crippen LogP contribution in [0.2, 0.25) is 5.02 Å². The van der Waals surface area contributed by atoms with Gasteiger partial charge in [-0.2, -0.15) is 4.31 Å². The average molecular weight is 436 g/mol. The van der Waals surface area contributed by atoms with Crippen LogP contribution in [0.5, 0.6) is 0 Å². The molecule has 10 heteroatoms. The molecule has 8 nitrogen and oxygen atoms in total. The highest BCUT2D eigenvalue weighted by molar-refractivity contribution is 7.89. The lowest BCUT2D eigenvalue weighted by molar-refractivity contribution is -0.384. The Kier molecular flexibility index (Phi) is 6.31. The van der Waals surface area contributed by atoms with Crippen LogP contribution in [0.25, 0.3) is 6.08 Å². The van der Waals surface area contributed by atoms with Crippen molar-refractivity contribution in [2.45, 2.75) is 4.90 Å². The largest absolute Gasteiger partial charge is 0.337 e. The van der Waals surface area contributed by atoms with Gasteiger partial charge in [0.25, 0.3) is 5.69 Å². The van der Waals surface area contributed by atoms with Crippen LogP contribution in [0.15, 0.2) is 59.5 Å². The van der Waals surface area contributed by atoms with Gasteiger partial charge in [0.1, 0.15) is 0 Å². The molecule has 2 aromatic rings. The molecule has 0 atom stereocenters. The maximum absolute atomic E-state index is 12.7. The molecule has 0 N–H and O–H groups in total. The highest BCUT2D eigenvalue weighted by atomic mass is 35.5. The number of hydrogen-bond donors (Lipinski definition) is 0. The first-order valence-corrected chi connectivity index (χ1v) is 10.6. The van der Waals surface area contributed by atoms with Crippen molar-refractivity contribution in [1.29, 1.82) is 0 Å². The Morgan fingerprint density at radius 3 is 2.14 bits per heavy atom. The van der Waals surface area contributed by atoms with E-state index in [1.54, 1.807) is 23.1 Å². The van der Waals surface area contributed by atoms with E-state index in [-0.39, 0.29) is 42.7 Å². The van der Waals surface area contributed by atoms with Crippen molar-refractivity contribution in [3.05, 3.63) is 75.3 Å². The SMILES string of the molecule is O=C(/C=C/c1ccc([N+](=O)[O-])cc1)N1CCN(S(=O)(=O)c2ccc(Cl)cc2)CC1. The predicted octanol–water partition coefficient (Wildman–Crippen LogP) is 2.79. The van der Waals surface area contributed by atoms with Gasteiger partial charge in [0.15, 0.2) is 0 Å². The van der Waals surface area contributed by atoms with Crippen molar-refractivity contribution in [2.24, 2.45) is 0 Å². The molecule has 1 aliphatic heterocycles. The number of carbonyl (C=O) groups excluding carboxylic acids is 1. The average Bonchev–Trinajstić information content (AvgIpc) is 2.72. The monoisotopic (exact) mass is 435 g/mol. The summed E-state index contributed by atoms with van der Waals surface area (Å²) in [6.45, 7) is 0.941. The van der Waals surface area contributed by atoms with Crippen molar-refractivity contribution in [2.75, 3.05) is 26.2 Å². The molecule has 1 heterocycles. The Labute approximate surface area is 173 Å². The molecule has 3 rings (SSSR count). The first kappa shape index (κ1) is 21.0. The third kappa shape index (κ3) is 5.00. The van der Waals surface area contributed by atoms with Gasteiger partial charge < -0.3 is 4.90 Å². The van der Waals surface area contributed by atoms with Gasteiger partial charge in [-0.05, 0) is 48.0 Å². The second kappa shape index (κ2) is 8.73. The number of amides is 1. The van der Waals surface area contributed by atoms with Gasteiger partial charge in [0.05, 0.1) is 9.82 Å². The molecule has 2 aromatic carbocycles. The smallest absolute Gasteiger partial charge is 0.269 e. The number of nitro groups is 1. The number of sulfonamides is 1. The summed E-state index contributed by atoms with van der Waals surface area (Å²) >= 11 is 5.81. The summed E-state index contributed by atoms with van der Waals surface area (Å²) in [6.07, 6.45) is 2.95. The molecule has 152 valence electrons. The number of halogens is 1. The minimum atomic E-state index is -3.63. The Hall–Kier alpha value is -2.75. The summed E-state index contributed by atoms with van der Waals surface area (Å²) < 4.78 is 26.7. The zero-order valence-electron chi connectivity index (χ0n) is 15.3. The quantitative estimate of drug-likeness (QED) is 0.408. The van der Waals surface area contributed by atoms with Crippen LogP contribution in [0.1, 0.15) is 5.56 Å². The van der Waals surface area contributed by atoms with Crippen LogP contribution in [0.3, 0.4) is 0 Å². The summed E-state index contributed by atoms with van der Waals surface area (Å²) in [5.41, 5.74) is 0.638. The zero-order chi connectivity index (χ0) is 21.0. The molecule has 0 aliphatic carbocycles. The standard InChI is InChI=1S/C19H18ClN3O5S/c20-16-4-8-18(9-5-16)29(27,28)22-13-11-21(12-14-22)19(24)10-3-15-1-6-17(7-2-15)23(25)26/h1-10H,11-14H2/b10-3+. The summed E-state index contributed by atoms with van der Waals surface area (Å²) in [5.74, 6) is -0.244. The minimum absolute atomic E-state index is 0.0218. The van der Waals surface area contributed by atoms with Crippen LogP contribution in [-0.2, 0) is 14.8 Å². The Morgan fingerprint density at radius 1 is 1.00 bits per heavy atom. The fourth-order valence-electron chi connectivity index (χ4n) is 2.88. The van der Waals surface area contributed by atoms with Crippen LogP contribution in [0.4, 0.5) is 5.69 Å². The van der Waals surface area contributed by atoms with E-state index in [9.17, 15) is 23.3 Å². The lowest BCUT2D eigenvalue weighted by Crippen LogP contribution is -2.50. The number of rotatable bonds is 5. The lowest BCUT2D eigenvalue weighted by Gasteiger charge is -2.33. The van der Waals surface area contributed by atoms with E-state index in [0.29, 0.717) is 10.6 Å². The number of carbonyl (C=O) groups is 1. The fraction of sp³-hybridized carbons (Fsp3) is 0.211. The van der Waals surface area contributed by atoms with Crippen LogP contribution < -0.4 is 0 Å². The van der Waals surface area contributed by atoms with E-state index in [2.05, 4.69) is 0 Å². The molecule has 0 aromatic heterocycles. The van der Waals surface area contributed by atoms with Crippen molar-refractivity contribution in [1.82, 2.24) is 9.21 Å². The molecule has 29 heavy (non-hydrogen) atoms. The van der Waals surface area contributed by atoms with Crippen molar-refractivity contribution >= 4 is 39.3 Å². The van der Waals surface area contributed by atoms with Gasteiger partial charge in [0.2, 0.25) is 15.9 Å². The lowest BCUT2D eigenvalue weighted by atomic mass is 10.2. The zero-order valence-corrected chi connectivity index (χ0v) is 16.8. The molecule has 0 radical (unpaired) electrons. The number of nitro benzene ring substituents is 1. The maximum atomic E-state index is 12.7. The summed E-state index contributed by atoms with van der Waals surface area (Å²) in [7, 11) is -3.63. The third-order valence-corrected chi connectivity index (χ3v) is 6.69. The van der Waals surface area contributed by atoms with Crippen LogP contribution in [0, 0.1) is 10.1 Å². The Morgan fingerprint density at radius 2 is 1.59 bits per heavy atom. The molecule has 0 bridgehead atoms. The summed E-state index contributed by atoms with van der Waals surface area (Å²) in [4.78, 5) is 24.3. The molecule has 1 aliphatic rings. The fourth-order valence-corrected chi connectivity index (χ4v) is 4.43. The van der Waals surface area contributed by atoms with Gasteiger partial charge in [-0.1, -0.05) is 11.6 Å². The molecular weight excluding hydrogens is 418 g/mol. The van der Waals surface area contributed by atoms with E-state index in [0.717, 1.165) is 0 Å². The molecule has 1 fully saturated rings. The second-order valence-corrected chi connectivity index (χ2v) is 8.74.